The zero-order valence-corrected chi connectivity index (χ0v) is 12.5. The quantitative estimate of drug-likeness (QED) is 0.585. The number of hydrogen-bond donors (Lipinski definition) is 1. The summed E-state index contributed by atoms with van der Waals surface area (Å²) in [5.74, 6) is -0.687. The molecular formula is C17H13N3O4. The normalized spacial score (nSPS) is 12.0. The highest BCUT2D eigenvalue weighted by Crippen LogP contribution is 2.24. The van der Waals surface area contributed by atoms with Crippen LogP contribution in [0.1, 0.15) is 11.6 Å². The van der Waals surface area contributed by atoms with Crippen LogP contribution in [0, 0.1) is 10.1 Å². The van der Waals surface area contributed by atoms with Crippen LogP contribution in [0.15, 0.2) is 65.6 Å². The summed E-state index contributed by atoms with van der Waals surface area (Å²) >= 11 is 0. The molecule has 1 aromatic heterocycles. The number of carbonyl (C=O) groups is 1. The Morgan fingerprint density at radius 1 is 1.04 bits per heavy atom. The fourth-order valence-electron chi connectivity index (χ4n) is 2.74. The number of amides is 1. The molecule has 7 nitrogen and oxygen atoms in total. The molecule has 24 heavy (non-hydrogen) atoms. The minimum atomic E-state index is -0.984. The zero-order chi connectivity index (χ0) is 17.3. The summed E-state index contributed by atoms with van der Waals surface area (Å²) in [5, 5.41) is 11.5. The Morgan fingerprint density at radius 3 is 2.38 bits per heavy atom. The number of benzene rings is 2. The van der Waals surface area contributed by atoms with Crippen molar-refractivity contribution in [2.24, 2.45) is 5.73 Å². The second-order valence-corrected chi connectivity index (χ2v) is 5.24. The van der Waals surface area contributed by atoms with Crippen LogP contribution in [0.5, 0.6) is 0 Å². The Bertz CT molecular complexity index is 996. The van der Waals surface area contributed by atoms with Crippen LogP contribution in [0.25, 0.3) is 10.8 Å². The van der Waals surface area contributed by atoms with E-state index in [1.54, 1.807) is 30.3 Å². The fraction of sp³-hybridized carbons (Fsp3) is 0.0588. The van der Waals surface area contributed by atoms with Crippen molar-refractivity contribution in [3.05, 3.63) is 86.8 Å². The molecule has 0 aliphatic rings. The van der Waals surface area contributed by atoms with Crippen molar-refractivity contribution in [2.75, 3.05) is 0 Å². The summed E-state index contributed by atoms with van der Waals surface area (Å²) in [7, 11) is 0. The molecule has 1 amide bonds. The first kappa shape index (κ1) is 15.4. The van der Waals surface area contributed by atoms with Crippen LogP contribution in [0.2, 0.25) is 0 Å². The van der Waals surface area contributed by atoms with Gasteiger partial charge in [-0.2, -0.15) is 0 Å². The predicted molar refractivity (Wildman–Crippen MR) is 88.6 cm³/mol. The third-order valence-corrected chi connectivity index (χ3v) is 3.81. The lowest BCUT2D eigenvalue weighted by Gasteiger charge is -2.17. The molecule has 1 unspecified atom stereocenters. The van der Waals surface area contributed by atoms with Gasteiger partial charge in [-0.1, -0.05) is 36.4 Å². The fourth-order valence-corrected chi connectivity index (χ4v) is 2.74. The molecule has 0 radical (unpaired) electrons. The maximum absolute atomic E-state index is 12.8. The van der Waals surface area contributed by atoms with Gasteiger partial charge in [0.15, 0.2) is 0 Å². The van der Waals surface area contributed by atoms with E-state index in [0.29, 0.717) is 5.56 Å². The van der Waals surface area contributed by atoms with Gasteiger partial charge in [0.05, 0.1) is 15.7 Å². The lowest BCUT2D eigenvalue weighted by atomic mass is 10.0. The van der Waals surface area contributed by atoms with Gasteiger partial charge in [0.25, 0.3) is 11.2 Å². The molecule has 1 heterocycles. The molecule has 0 bridgehead atoms. The first-order chi connectivity index (χ1) is 11.5. The Kier molecular flexibility index (Phi) is 3.83. The number of aromatic nitrogens is 1. The van der Waals surface area contributed by atoms with Crippen molar-refractivity contribution in [3.63, 3.8) is 0 Å². The summed E-state index contributed by atoms with van der Waals surface area (Å²) in [6, 6.07) is 13.4. The average molecular weight is 323 g/mol. The van der Waals surface area contributed by atoms with E-state index in [-0.39, 0.29) is 16.5 Å². The number of non-ortho nitro benzene ring substituents is 1. The van der Waals surface area contributed by atoms with Crippen molar-refractivity contribution in [1.82, 2.24) is 4.57 Å². The number of rotatable bonds is 4. The van der Waals surface area contributed by atoms with Crippen LogP contribution >= 0.6 is 0 Å². The number of nitro groups is 1. The monoisotopic (exact) mass is 323 g/mol. The number of carbonyl (C=O) groups excluding carboxylic acids is 1. The minimum absolute atomic E-state index is 0.160. The predicted octanol–water partition coefficient (Wildman–Crippen LogP) is 1.98. The number of nitro benzene ring substituents is 1. The molecule has 120 valence electrons. The summed E-state index contributed by atoms with van der Waals surface area (Å²) < 4.78 is 1.20. The van der Waals surface area contributed by atoms with Gasteiger partial charge in [0.2, 0.25) is 5.91 Å². The van der Waals surface area contributed by atoms with E-state index in [4.69, 9.17) is 5.73 Å². The highest BCUT2D eigenvalue weighted by Gasteiger charge is 2.23. The standard InChI is InChI=1S/C17H13N3O4/c18-16(21)15(11-5-2-1-3-6-11)19-10-9-12-13(17(19)22)7-4-8-14(12)20(23)24/h1-10,15H,(H2,18,21). The number of nitrogens with zero attached hydrogens (tertiary/aromatic N) is 2. The highest BCUT2D eigenvalue weighted by atomic mass is 16.6. The molecule has 2 N–H and O–H groups in total. The van der Waals surface area contributed by atoms with E-state index in [1.807, 2.05) is 0 Å². The van der Waals surface area contributed by atoms with Gasteiger partial charge >= 0.3 is 0 Å². The molecule has 3 rings (SSSR count). The van der Waals surface area contributed by atoms with Gasteiger partial charge in [-0.25, -0.2) is 0 Å². The van der Waals surface area contributed by atoms with Gasteiger partial charge in [-0.05, 0) is 17.7 Å². The zero-order valence-electron chi connectivity index (χ0n) is 12.5. The first-order valence-electron chi connectivity index (χ1n) is 7.13. The summed E-state index contributed by atoms with van der Waals surface area (Å²) in [4.78, 5) is 35.2. The lowest BCUT2D eigenvalue weighted by Crippen LogP contribution is -2.34. The molecule has 0 aliphatic carbocycles. The van der Waals surface area contributed by atoms with Gasteiger partial charge in [-0.15, -0.1) is 0 Å². The molecule has 3 aromatic rings. The third kappa shape index (κ3) is 2.52. The second-order valence-electron chi connectivity index (χ2n) is 5.24. The molecule has 7 heteroatoms. The molecule has 0 spiro atoms. The topological polar surface area (TPSA) is 108 Å². The van der Waals surface area contributed by atoms with Gasteiger partial charge in [-0.3, -0.25) is 24.3 Å². The minimum Gasteiger partial charge on any atom is -0.368 e. The van der Waals surface area contributed by atoms with Gasteiger partial charge in [0.1, 0.15) is 6.04 Å². The van der Waals surface area contributed by atoms with Crippen LogP contribution in [0.4, 0.5) is 5.69 Å². The SMILES string of the molecule is NC(=O)C(c1ccccc1)n1ccc2c([N+](=O)[O-])cccc2c1=O. The molecule has 0 aliphatic heterocycles. The van der Waals surface area contributed by atoms with E-state index >= 15 is 0 Å². The number of primary amides is 1. The van der Waals surface area contributed by atoms with E-state index in [2.05, 4.69) is 0 Å². The highest BCUT2D eigenvalue weighted by molar-refractivity contribution is 5.90. The van der Waals surface area contributed by atoms with Crippen molar-refractivity contribution in [3.8, 4) is 0 Å². The van der Waals surface area contributed by atoms with Crippen LogP contribution in [-0.4, -0.2) is 15.4 Å². The average Bonchev–Trinajstić information content (AvgIpc) is 2.57. The summed E-state index contributed by atoms with van der Waals surface area (Å²) in [6.07, 6.45) is 1.36. The first-order valence-corrected chi connectivity index (χ1v) is 7.13. The van der Waals surface area contributed by atoms with E-state index in [9.17, 15) is 19.7 Å². The molecular weight excluding hydrogens is 310 g/mol. The summed E-state index contributed by atoms with van der Waals surface area (Å²) in [6.45, 7) is 0. The molecule has 0 saturated heterocycles. The Balaban J connectivity index is 2.27. The van der Waals surface area contributed by atoms with Gasteiger partial charge in [0, 0.05) is 12.3 Å². The largest absolute Gasteiger partial charge is 0.368 e. The van der Waals surface area contributed by atoms with Crippen molar-refractivity contribution in [2.45, 2.75) is 6.04 Å². The number of nitrogens with two attached hydrogens (primary N) is 1. The molecule has 0 saturated carbocycles. The van der Waals surface area contributed by atoms with Crippen LogP contribution in [0.3, 0.4) is 0 Å². The van der Waals surface area contributed by atoms with E-state index < -0.39 is 22.4 Å². The van der Waals surface area contributed by atoms with Crippen molar-refractivity contribution < 1.29 is 9.72 Å². The van der Waals surface area contributed by atoms with Crippen molar-refractivity contribution in [1.29, 1.82) is 0 Å². The molecule has 1 atom stereocenters. The maximum atomic E-state index is 12.8. The number of hydrogen-bond acceptors (Lipinski definition) is 4. The van der Waals surface area contributed by atoms with Crippen LogP contribution in [-0.2, 0) is 4.79 Å². The van der Waals surface area contributed by atoms with Crippen LogP contribution < -0.4 is 11.3 Å². The number of fused-ring (bicyclic) bond motifs is 1. The number of pyridine rings is 1. The molecule has 2 aromatic carbocycles. The van der Waals surface area contributed by atoms with Gasteiger partial charge < -0.3 is 5.73 Å². The van der Waals surface area contributed by atoms with E-state index in [1.165, 1.54) is 35.0 Å². The molecule has 0 fully saturated rings. The summed E-state index contributed by atoms with van der Waals surface area (Å²) in [5.41, 5.74) is 5.38. The Hall–Kier alpha value is -3.48. The second kappa shape index (κ2) is 5.96. The maximum Gasteiger partial charge on any atom is 0.277 e. The Morgan fingerprint density at radius 2 is 1.75 bits per heavy atom. The Labute approximate surface area is 136 Å². The van der Waals surface area contributed by atoms with E-state index in [0.717, 1.165) is 0 Å². The lowest BCUT2D eigenvalue weighted by molar-refractivity contribution is -0.383. The third-order valence-electron chi connectivity index (χ3n) is 3.81. The van der Waals surface area contributed by atoms with Crippen molar-refractivity contribution >= 4 is 22.4 Å². The smallest absolute Gasteiger partial charge is 0.277 e.